The van der Waals surface area contributed by atoms with Crippen molar-refractivity contribution in [1.29, 1.82) is 0 Å². The van der Waals surface area contributed by atoms with E-state index in [4.69, 9.17) is 15.4 Å². The molecule has 5 nitrogen and oxygen atoms in total. The van der Waals surface area contributed by atoms with Crippen LogP contribution in [0.5, 0.6) is 5.75 Å². The normalized spacial score (nSPS) is 15.1. The van der Waals surface area contributed by atoms with Crippen LogP contribution in [0.15, 0.2) is 17.0 Å². The fourth-order valence-electron chi connectivity index (χ4n) is 1.74. The van der Waals surface area contributed by atoms with Crippen molar-refractivity contribution in [3.63, 3.8) is 0 Å². The van der Waals surface area contributed by atoms with E-state index >= 15 is 0 Å². The number of methoxy groups -OCH3 is 1. The van der Waals surface area contributed by atoms with Gasteiger partial charge in [0.2, 0.25) is 5.91 Å². The highest BCUT2D eigenvalue weighted by atomic mass is 35.7. The van der Waals surface area contributed by atoms with Crippen LogP contribution in [0.4, 0.5) is 5.69 Å². The molecule has 2 rings (SSSR count). The molecule has 0 spiro atoms. The molecule has 0 saturated carbocycles. The first-order valence-corrected chi connectivity index (χ1v) is 7.18. The van der Waals surface area contributed by atoms with E-state index < -0.39 is 9.05 Å². The number of anilines is 1. The summed E-state index contributed by atoms with van der Waals surface area (Å²) in [6.07, 6.45) is 0.934. The maximum Gasteiger partial charge on any atom is 0.265 e. The Kier molecular flexibility index (Phi) is 3.01. The van der Waals surface area contributed by atoms with Crippen LogP contribution in [0.1, 0.15) is 12.0 Å². The van der Waals surface area contributed by atoms with Gasteiger partial charge in [-0.2, -0.15) is 0 Å². The number of nitrogens with one attached hydrogen (secondary N) is 1. The second-order valence-corrected chi connectivity index (χ2v) is 6.18. The van der Waals surface area contributed by atoms with Crippen LogP contribution in [-0.4, -0.2) is 21.4 Å². The molecule has 0 unspecified atom stereocenters. The molecule has 0 aromatic heterocycles. The number of ether oxygens (including phenoxy) is 1. The van der Waals surface area contributed by atoms with Gasteiger partial charge in [0.1, 0.15) is 10.6 Å². The minimum atomic E-state index is -3.90. The molecule has 1 N–H and O–H groups in total. The zero-order valence-corrected chi connectivity index (χ0v) is 10.6. The number of carbonyl (C=O) groups is 1. The Bertz CT molecular complexity index is 582. The van der Waals surface area contributed by atoms with Crippen LogP contribution in [-0.2, 0) is 20.3 Å². The van der Waals surface area contributed by atoms with Crippen LogP contribution in [0.25, 0.3) is 0 Å². The SMILES string of the molecule is COc1cc2c(cc1S(=O)(=O)Cl)NC(=O)CC2. The molecule has 92 valence electrons. The first-order valence-electron chi connectivity index (χ1n) is 4.87. The van der Waals surface area contributed by atoms with Gasteiger partial charge in [0, 0.05) is 22.8 Å². The molecule has 7 heteroatoms. The number of amides is 1. The van der Waals surface area contributed by atoms with Crippen molar-refractivity contribution in [2.75, 3.05) is 12.4 Å². The topological polar surface area (TPSA) is 72.5 Å². The summed E-state index contributed by atoms with van der Waals surface area (Å²) in [6.45, 7) is 0. The molecule has 1 heterocycles. The molecule has 0 radical (unpaired) electrons. The largest absolute Gasteiger partial charge is 0.495 e. The van der Waals surface area contributed by atoms with Crippen molar-refractivity contribution in [3.8, 4) is 5.75 Å². The Balaban J connectivity index is 2.61. The Morgan fingerprint density at radius 2 is 2.06 bits per heavy atom. The molecule has 0 fully saturated rings. The third-order valence-corrected chi connectivity index (χ3v) is 3.89. The lowest BCUT2D eigenvalue weighted by molar-refractivity contribution is -0.116. The molecule has 0 atom stereocenters. The highest BCUT2D eigenvalue weighted by Gasteiger charge is 2.23. The molecular formula is C10H10ClNO4S. The minimum absolute atomic E-state index is 0.136. The third kappa shape index (κ3) is 2.37. The number of carbonyl (C=O) groups excluding carboxylic acids is 1. The first kappa shape index (κ1) is 12.2. The maximum atomic E-state index is 11.4. The predicted molar refractivity (Wildman–Crippen MR) is 63.0 cm³/mol. The minimum Gasteiger partial charge on any atom is -0.495 e. The fourth-order valence-corrected chi connectivity index (χ4v) is 2.74. The number of rotatable bonds is 2. The van der Waals surface area contributed by atoms with Crippen LogP contribution >= 0.6 is 10.7 Å². The summed E-state index contributed by atoms with van der Waals surface area (Å²) in [4.78, 5) is 11.1. The summed E-state index contributed by atoms with van der Waals surface area (Å²) in [5.41, 5.74) is 1.31. The van der Waals surface area contributed by atoms with E-state index in [9.17, 15) is 13.2 Å². The van der Waals surface area contributed by atoms with Crippen molar-refractivity contribution in [2.45, 2.75) is 17.7 Å². The maximum absolute atomic E-state index is 11.4. The van der Waals surface area contributed by atoms with Crippen LogP contribution in [0.3, 0.4) is 0 Å². The summed E-state index contributed by atoms with van der Waals surface area (Å²) in [5.74, 6) is 0.0514. The van der Waals surface area contributed by atoms with Gasteiger partial charge in [0.15, 0.2) is 0 Å². The predicted octanol–water partition coefficient (Wildman–Crippen LogP) is 1.51. The molecule has 1 amide bonds. The van der Waals surface area contributed by atoms with Gasteiger partial charge >= 0.3 is 0 Å². The van der Waals surface area contributed by atoms with E-state index in [2.05, 4.69) is 5.32 Å². The number of fused-ring (bicyclic) bond motifs is 1. The number of aryl methyl sites for hydroxylation is 1. The monoisotopic (exact) mass is 275 g/mol. The highest BCUT2D eigenvalue weighted by molar-refractivity contribution is 8.13. The van der Waals surface area contributed by atoms with Gasteiger partial charge in [-0.1, -0.05) is 0 Å². The second-order valence-electron chi connectivity index (χ2n) is 3.65. The smallest absolute Gasteiger partial charge is 0.265 e. The summed E-state index contributed by atoms with van der Waals surface area (Å²) < 4.78 is 27.7. The van der Waals surface area contributed by atoms with E-state index in [-0.39, 0.29) is 16.6 Å². The average Bonchev–Trinajstić information content (AvgIpc) is 2.26. The molecule has 1 aliphatic rings. The van der Waals surface area contributed by atoms with E-state index in [1.807, 2.05) is 0 Å². The number of halogens is 1. The van der Waals surface area contributed by atoms with Gasteiger partial charge in [-0.05, 0) is 24.1 Å². The van der Waals surface area contributed by atoms with Crippen molar-refractivity contribution >= 4 is 31.3 Å². The molecule has 1 aromatic rings. The second kappa shape index (κ2) is 4.19. The lowest BCUT2D eigenvalue weighted by atomic mass is 10.0. The zero-order valence-electron chi connectivity index (χ0n) is 8.99. The molecule has 1 aliphatic heterocycles. The number of hydrogen-bond donors (Lipinski definition) is 1. The van der Waals surface area contributed by atoms with Crippen molar-refractivity contribution in [1.82, 2.24) is 0 Å². The van der Waals surface area contributed by atoms with Gasteiger partial charge in [0.05, 0.1) is 7.11 Å². The number of hydrogen-bond acceptors (Lipinski definition) is 4. The van der Waals surface area contributed by atoms with Crippen molar-refractivity contribution in [3.05, 3.63) is 17.7 Å². The summed E-state index contributed by atoms with van der Waals surface area (Å²) in [7, 11) is 2.77. The van der Waals surface area contributed by atoms with Gasteiger partial charge in [-0.15, -0.1) is 0 Å². The molecule has 0 saturated heterocycles. The molecule has 1 aromatic carbocycles. The molecule has 0 aliphatic carbocycles. The van der Waals surface area contributed by atoms with E-state index in [0.717, 1.165) is 5.56 Å². The van der Waals surface area contributed by atoms with Crippen LogP contribution in [0.2, 0.25) is 0 Å². The number of benzene rings is 1. The standard InChI is InChI=1S/C10H10ClNO4S/c1-16-8-4-6-2-3-10(13)12-7(6)5-9(8)17(11,14)15/h4-5H,2-3H2,1H3,(H,12,13). The van der Waals surface area contributed by atoms with Crippen LogP contribution in [0, 0.1) is 0 Å². The zero-order chi connectivity index (χ0) is 12.6. The quantitative estimate of drug-likeness (QED) is 0.831. The Morgan fingerprint density at radius 3 is 2.65 bits per heavy atom. The van der Waals surface area contributed by atoms with E-state index in [0.29, 0.717) is 18.5 Å². The summed E-state index contributed by atoms with van der Waals surface area (Å²) >= 11 is 0. The summed E-state index contributed by atoms with van der Waals surface area (Å²) in [6, 6.07) is 2.91. The lowest BCUT2D eigenvalue weighted by Gasteiger charge is -2.18. The van der Waals surface area contributed by atoms with Gasteiger partial charge in [0.25, 0.3) is 9.05 Å². The average molecular weight is 276 g/mol. The Morgan fingerprint density at radius 1 is 1.35 bits per heavy atom. The highest BCUT2D eigenvalue weighted by Crippen LogP contribution is 2.34. The van der Waals surface area contributed by atoms with Crippen molar-refractivity contribution < 1.29 is 17.9 Å². The van der Waals surface area contributed by atoms with Gasteiger partial charge in [-0.25, -0.2) is 8.42 Å². The van der Waals surface area contributed by atoms with E-state index in [1.165, 1.54) is 13.2 Å². The molecule has 17 heavy (non-hydrogen) atoms. The van der Waals surface area contributed by atoms with E-state index in [1.54, 1.807) is 6.07 Å². The Labute approximate surface area is 103 Å². The fraction of sp³-hybridized carbons (Fsp3) is 0.300. The molecule has 0 bridgehead atoms. The van der Waals surface area contributed by atoms with Gasteiger partial charge in [-0.3, -0.25) is 4.79 Å². The Hall–Kier alpha value is -1.27. The van der Waals surface area contributed by atoms with Crippen LogP contribution < -0.4 is 10.1 Å². The first-order chi connectivity index (χ1) is 7.91. The van der Waals surface area contributed by atoms with Gasteiger partial charge < -0.3 is 10.1 Å². The third-order valence-electron chi connectivity index (χ3n) is 2.55. The van der Waals surface area contributed by atoms with Crippen molar-refractivity contribution in [2.24, 2.45) is 0 Å². The summed E-state index contributed by atoms with van der Waals surface area (Å²) in [5, 5.41) is 2.61. The molecular weight excluding hydrogens is 266 g/mol. The lowest BCUT2D eigenvalue weighted by Crippen LogP contribution is -2.19.